The summed E-state index contributed by atoms with van der Waals surface area (Å²) in [6.07, 6.45) is 2.37. The summed E-state index contributed by atoms with van der Waals surface area (Å²) < 4.78 is 1.77. The third kappa shape index (κ3) is 3.90. The lowest BCUT2D eigenvalue weighted by Gasteiger charge is -2.23. The molecule has 0 unspecified atom stereocenters. The number of nitrogens with zero attached hydrogens (tertiary/aromatic N) is 4. The van der Waals surface area contributed by atoms with Crippen LogP contribution in [-0.4, -0.2) is 25.6 Å². The lowest BCUT2D eigenvalue weighted by Crippen LogP contribution is -2.29. The Kier molecular flexibility index (Phi) is 4.90. The first-order valence-electron chi connectivity index (χ1n) is 8.88. The maximum Gasteiger partial charge on any atom is 0.312 e. The zero-order valence-electron chi connectivity index (χ0n) is 15.4. The van der Waals surface area contributed by atoms with E-state index in [4.69, 9.17) is 0 Å². The van der Waals surface area contributed by atoms with Crippen molar-refractivity contribution in [1.82, 2.24) is 14.7 Å². The third-order valence-electron chi connectivity index (χ3n) is 4.94. The molecule has 6 nitrogen and oxygen atoms in total. The number of hydrogen-bond donors (Lipinski definition) is 0. The maximum absolute atomic E-state index is 11.2. The summed E-state index contributed by atoms with van der Waals surface area (Å²) in [6.45, 7) is 9.31. The highest BCUT2D eigenvalue weighted by Crippen LogP contribution is 2.30. The fourth-order valence-corrected chi connectivity index (χ4v) is 3.24. The minimum absolute atomic E-state index is 0.136. The Morgan fingerprint density at radius 3 is 2.40 bits per heavy atom. The molecule has 0 radical (unpaired) electrons. The largest absolute Gasteiger partial charge is 0.312 e. The number of benzene rings is 1. The number of rotatable bonds is 7. The average molecular weight is 342 g/mol. The van der Waals surface area contributed by atoms with Crippen LogP contribution in [0.1, 0.15) is 55.1 Å². The fraction of sp³-hybridized carbons (Fsp3) is 0.526. The molecule has 0 spiro atoms. The summed E-state index contributed by atoms with van der Waals surface area (Å²) in [5, 5.41) is 15.6. The minimum Gasteiger partial charge on any atom is -0.277 e. The van der Waals surface area contributed by atoms with Crippen LogP contribution in [0.15, 0.2) is 24.3 Å². The monoisotopic (exact) mass is 342 g/mol. The molecule has 25 heavy (non-hydrogen) atoms. The van der Waals surface area contributed by atoms with Gasteiger partial charge in [0.1, 0.15) is 11.4 Å². The first-order chi connectivity index (χ1) is 11.9. The molecule has 0 N–H and O–H groups in total. The molecule has 1 fully saturated rings. The highest BCUT2D eigenvalue weighted by Gasteiger charge is 2.31. The van der Waals surface area contributed by atoms with Crippen molar-refractivity contribution in [3.8, 4) is 0 Å². The van der Waals surface area contributed by atoms with Crippen LogP contribution >= 0.6 is 0 Å². The Hall–Kier alpha value is -2.21. The van der Waals surface area contributed by atoms with Gasteiger partial charge in [-0.15, -0.1) is 0 Å². The van der Waals surface area contributed by atoms with Gasteiger partial charge >= 0.3 is 5.69 Å². The van der Waals surface area contributed by atoms with Crippen LogP contribution in [0.2, 0.25) is 0 Å². The minimum atomic E-state index is -0.333. The molecule has 3 rings (SSSR count). The number of aromatic nitrogens is 2. The van der Waals surface area contributed by atoms with Crippen LogP contribution in [0.25, 0.3) is 0 Å². The van der Waals surface area contributed by atoms with E-state index in [1.807, 2.05) is 0 Å². The second-order valence-corrected chi connectivity index (χ2v) is 7.29. The highest BCUT2D eigenvalue weighted by molar-refractivity contribution is 5.39. The Morgan fingerprint density at radius 2 is 1.92 bits per heavy atom. The lowest BCUT2D eigenvalue weighted by molar-refractivity contribution is -0.386. The van der Waals surface area contributed by atoms with Gasteiger partial charge in [0.15, 0.2) is 0 Å². The van der Waals surface area contributed by atoms with Gasteiger partial charge in [0.25, 0.3) is 0 Å². The average Bonchev–Trinajstić information content (AvgIpc) is 3.34. The van der Waals surface area contributed by atoms with Crippen LogP contribution in [-0.2, 0) is 13.2 Å². The summed E-state index contributed by atoms with van der Waals surface area (Å²) in [7, 11) is 0. The predicted molar refractivity (Wildman–Crippen MR) is 97.5 cm³/mol. The summed E-state index contributed by atoms with van der Waals surface area (Å²) in [6, 6.07) is 9.31. The van der Waals surface area contributed by atoms with Gasteiger partial charge in [-0.3, -0.25) is 15.0 Å². The van der Waals surface area contributed by atoms with Gasteiger partial charge in [0, 0.05) is 12.6 Å². The second kappa shape index (κ2) is 6.96. The van der Waals surface area contributed by atoms with Crippen molar-refractivity contribution in [2.75, 3.05) is 0 Å². The Labute approximate surface area is 148 Å². The van der Waals surface area contributed by atoms with Crippen molar-refractivity contribution in [3.63, 3.8) is 0 Å². The molecule has 1 aliphatic carbocycles. The van der Waals surface area contributed by atoms with Crippen LogP contribution in [0.4, 0.5) is 5.69 Å². The van der Waals surface area contributed by atoms with E-state index in [0.717, 1.165) is 6.54 Å². The van der Waals surface area contributed by atoms with Crippen molar-refractivity contribution in [2.45, 2.75) is 65.7 Å². The number of aryl methyl sites for hydroxylation is 1. The van der Waals surface area contributed by atoms with E-state index < -0.39 is 0 Å². The molecule has 1 aromatic carbocycles. The highest BCUT2D eigenvalue weighted by atomic mass is 16.6. The van der Waals surface area contributed by atoms with Gasteiger partial charge in [-0.1, -0.05) is 38.1 Å². The maximum atomic E-state index is 11.2. The smallest absolute Gasteiger partial charge is 0.277 e. The van der Waals surface area contributed by atoms with Crippen LogP contribution in [0.3, 0.4) is 0 Å². The van der Waals surface area contributed by atoms with E-state index in [-0.39, 0.29) is 10.6 Å². The molecule has 0 aliphatic heterocycles. The summed E-state index contributed by atoms with van der Waals surface area (Å²) >= 11 is 0. The van der Waals surface area contributed by atoms with Crippen LogP contribution in [0.5, 0.6) is 0 Å². The first kappa shape index (κ1) is 17.6. The lowest BCUT2D eigenvalue weighted by atomic mass is 10.0. The second-order valence-electron chi connectivity index (χ2n) is 7.29. The van der Waals surface area contributed by atoms with Gasteiger partial charge in [0.2, 0.25) is 0 Å². The number of nitro groups is 1. The molecule has 0 saturated heterocycles. The van der Waals surface area contributed by atoms with Crippen molar-refractivity contribution >= 4 is 5.69 Å². The quantitative estimate of drug-likeness (QED) is 0.560. The Morgan fingerprint density at radius 1 is 1.28 bits per heavy atom. The van der Waals surface area contributed by atoms with E-state index in [0.29, 0.717) is 30.0 Å². The summed E-state index contributed by atoms with van der Waals surface area (Å²) in [5.41, 5.74) is 3.86. The van der Waals surface area contributed by atoms with Gasteiger partial charge in [-0.05, 0) is 43.7 Å². The van der Waals surface area contributed by atoms with Crippen LogP contribution < -0.4 is 0 Å². The van der Waals surface area contributed by atoms with Gasteiger partial charge in [-0.25, -0.2) is 4.68 Å². The predicted octanol–water partition coefficient (Wildman–Crippen LogP) is 4.15. The van der Waals surface area contributed by atoms with Crippen LogP contribution in [0, 0.1) is 24.0 Å². The van der Waals surface area contributed by atoms with Crippen molar-refractivity contribution in [3.05, 3.63) is 56.9 Å². The summed E-state index contributed by atoms with van der Waals surface area (Å²) in [5.74, 6) is 0.531. The zero-order chi connectivity index (χ0) is 18.1. The SMILES string of the molecule is Cc1nn(CN(Cc2ccc(C(C)C)cc2)C2CC2)c(C)c1[N+](=O)[O-]. The van der Waals surface area contributed by atoms with E-state index >= 15 is 0 Å². The standard InChI is InChI=1S/C19H26N4O2/c1-13(2)17-7-5-16(6-8-17)11-21(18-9-10-18)12-22-15(4)19(23(24)25)14(3)20-22/h5-8,13,18H,9-12H2,1-4H3. The van der Waals surface area contributed by atoms with Crippen molar-refractivity contribution in [1.29, 1.82) is 0 Å². The normalized spacial score (nSPS) is 14.5. The Balaban J connectivity index is 1.76. The number of hydrogen-bond acceptors (Lipinski definition) is 4. The van der Waals surface area contributed by atoms with Crippen molar-refractivity contribution < 1.29 is 4.92 Å². The molecular formula is C19H26N4O2. The molecule has 0 bridgehead atoms. The molecule has 1 saturated carbocycles. The third-order valence-corrected chi connectivity index (χ3v) is 4.94. The molecular weight excluding hydrogens is 316 g/mol. The van der Waals surface area contributed by atoms with Gasteiger partial charge < -0.3 is 0 Å². The molecule has 134 valence electrons. The van der Waals surface area contributed by atoms with Gasteiger partial charge in [0.05, 0.1) is 11.6 Å². The first-order valence-corrected chi connectivity index (χ1v) is 8.88. The molecule has 0 atom stereocenters. The molecule has 1 aliphatic rings. The summed E-state index contributed by atoms with van der Waals surface area (Å²) in [4.78, 5) is 13.2. The molecule has 0 amide bonds. The molecule has 1 aromatic heterocycles. The topological polar surface area (TPSA) is 64.2 Å². The molecule has 2 aromatic rings. The van der Waals surface area contributed by atoms with Gasteiger partial charge in [-0.2, -0.15) is 5.10 Å². The zero-order valence-corrected chi connectivity index (χ0v) is 15.4. The van der Waals surface area contributed by atoms with E-state index in [1.54, 1.807) is 18.5 Å². The van der Waals surface area contributed by atoms with Crippen molar-refractivity contribution in [2.24, 2.45) is 0 Å². The van der Waals surface area contributed by atoms with E-state index in [1.165, 1.54) is 24.0 Å². The molecule has 6 heteroatoms. The van der Waals surface area contributed by atoms with E-state index in [2.05, 4.69) is 48.1 Å². The van der Waals surface area contributed by atoms with E-state index in [9.17, 15) is 10.1 Å². The molecule has 1 heterocycles. The fourth-order valence-electron chi connectivity index (χ4n) is 3.24. The Bertz CT molecular complexity index is 760.